The van der Waals surface area contributed by atoms with Gasteiger partial charge in [-0.05, 0) is 50.8 Å². The van der Waals surface area contributed by atoms with Gasteiger partial charge in [-0.1, -0.05) is 5.16 Å². The fraction of sp³-hybridized carbons (Fsp3) is 0.400. The van der Waals surface area contributed by atoms with Gasteiger partial charge >= 0.3 is 0 Å². The lowest BCUT2D eigenvalue weighted by atomic mass is 9.90. The molecule has 1 amide bonds. The van der Waals surface area contributed by atoms with Crippen molar-refractivity contribution in [3.8, 4) is 11.4 Å². The van der Waals surface area contributed by atoms with Crippen LogP contribution in [0.25, 0.3) is 11.4 Å². The summed E-state index contributed by atoms with van der Waals surface area (Å²) >= 11 is 0. The minimum Gasteiger partial charge on any atom is -0.469 e. The number of furan rings is 1. The number of aromatic nitrogens is 3. The van der Waals surface area contributed by atoms with Crippen molar-refractivity contribution in [2.45, 2.75) is 50.6 Å². The molecule has 5 heterocycles. The third-order valence-electron chi connectivity index (χ3n) is 5.79. The minimum atomic E-state index is 0.0789. The minimum absolute atomic E-state index is 0.0789. The summed E-state index contributed by atoms with van der Waals surface area (Å²) < 4.78 is 10.9. The van der Waals surface area contributed by atoms with Crippen LogP contribution >= 0.6 is 0 Å². The van der Waals surface area contributed by atoms with Crippen molar-refractivity contribution in [2.75, 3.05) is 0 Å². The highest BCUT2D eigenvalue weighted by Crippen LogP contribution is 2.43. The van der Waals surface area contributed by atoms with Gasteiger partial charge in [0.05, 0.1) is 11.8 Å². The van der Waals surface area contributed by atoms with Crippen LogP contribution < -0.4 is 0 Å². The molecule has 5 rings (SSSR count). The van der Waals surface area contributed by atoms with Gasteiger partial charge in [0.25, 0.3) is 5.91 Å². The van der Waals surface area contributed by atoms with Crippen LogP contribution in [0.5, 0.6) is 0 Å². The van der Waals surface area contributed by atoms with Crippen LogP contribution in [0.15, 0.2) is 45.8 Å². The lowest BCUT2D eigenvalue weighted by molar-refractivity contribution is 0.0553. The van der Waals surface area contributed by atoms with Gasteiger partial charge in [-0.25, -0.2) is 0 Å². The Morgan fingerprint density at radius 2 is 1.89 bits per heavy atom. The van der Waals surface area contributed by atoms with E-state index in [4.69, 9.17) is 8.94 Å². The van der Waals surface area contributed by atoms with Crippen LogP contribution in [0.1, 0.15) is 53.6 Å². The maximum atomic E-state index is 13.0. The molecule has 2 unspecified atom stereocenters. The van der Waals surface area contributed by atoms with Crippen molar-refractivity contribution >= 4 is 5.91 Å². The van der Waals surface area contributed by atoms with Gasteiger partial charge in [0.2, 0.25) is 11.7 Å². The van der Waals surface area contributed by atoms with Crippen LogP contribution in [0.2, 0.25) is 0 Å². The summed E-state index contributed by atoms with van der Waals surface area (Å²) in [6.45, 7) is 1.83. The first-order chi connectivity index (χ1) is 13.2. The molecule has 2 atom stereocenters. The molecule has 2 aliphatic rings. The molecule has 0 aliphatic carbocycles. The van der Waals surface area contributed by atoms with E-state index in [-0.39, 0.29) is 23.9 Å². The Bertz CT molecular complexity index is 951. The molecular weight excluding hydrogens is 344 g/mol. The second-order valence-electron chi connectivity index (χ2n) is 7.35. The van der Waals surface area contributed by atoms with Gasteiger partial charge in [-0.2, -0.15) is 4.98 Å². The zero-order valence-electron chi connectivity index (χ0n) is 15.0. The Labute approximate surface area is 156 Å². The van der Waals surface area contributed by atoms with E-state index in [2.05, 4.69) is 20.0 Å². The van der Waals surface area contributed by atoms with Crippen LogP contribution in [0.3, 0.4) is 0 Å². The summed E-state index contributed by atoms with van der Waals surface area (Å²) in [5, 5.41) is 4.13. The number of piperidine rings is 1. The molecule has 27 heavy (non-hydrogen) atoms. The van der Waals surface area contributed by atoms with Gasteiger partial charge in [-0.15, -0.1) is 0 Å². The highest BCUT2D eigenvalue weighted by molar-refractivity contribution is 5.95. The summed E-state index contributed by atoms with van der Waals surface area (Å²) in [4.78, 5) is 23.7. The van der Waals surface area contributed by atoms with Crippen molar-refractivity contribution in [3.05, 3.63) is 54.1 Å². The number of carbonyl (C=O) groups is 1. The molecule has 0 N–H and O–H groups in total. The molecule has 3 aromatic heterocycles. The quantitative estimate of drug-likeness (QED) is 0.706. The number of fused-ring (bicyclic) bond motifs is 2. The average molecular weight is 364 g/mol. The normalized spacial score (nSPS) is 24.3. The fourth-order valence-electron chi connectivity index (χ4n) is 4.48. The maximum absolute atomic E-state index is 13.0. The third kappa shape index (κ3) is 2.74. The number of hydrogen-bond donors (Lipinski definition) is 0. The molecule has 138 valence electrons. The van der Waals surface area contributed by atoms with Crippen LogP contribution in [-0.2, 0) is 0 Å². The summed E-state index contributed by atoms with van der Waals surface area (Å²) in [5.74, 6) is 2.22. The zero-order valence-corrected chi connectivity index (χ0v) is 15.0. The van der Waals surface area contributed by atoms with E-state index in [0.29, 0.717) is 23.0 Å². The lowest BCUT2D eigenvalue weighted by Crippen LogP contribution is -2.46. The third-order valence-corrected chi connectivity index (χ3v) is 5.79. The number of hydrogen-bond acceptors (Lipinski definition) is 6. The van der Waals surface area contributed by atoms with Crippen molar-refractivity contribution in [1.29, 1.82) is 0 Å². The highest BCUT2D eigenvalue weighted by Gasteiger charge is 2.45. The first-order valence-electron chi connectivity index (χ1n) is 9.31. The number of nitrogens with zero attached hydrogens (tertiary/aromatic N) is 4. The SMILES string of the molecule is Cc1occc1C(=O)N1C2CCC1CC(c1nc(-c3ccncc3)no1)C2. The molecule has 7 nitrogen and oxygen atoms in total. The van der Waals surface area contributed by atoms with Crippen molar-refractivity contribution < 1.29 is 13.7 Å². The first kappa shape index (κ1) is 16.2. The van der Waals surface area contributed by atoms with Gasteiger partial charge in [-0.3, -0.25) is 9.78 Å². The number of pyridine rings is 1. The summed E-state index contributed by atoms with van der Waals surface area (Å²) in [6, 6.07) is 5.93. The van der Waals surface area contributed by atoms with Crippen molar-refractivity contribution in [1.82, 2.24) is 20.0 Å². The molecule has 7 heteroatoms. The molecule has 2 saturated heterocycles. The molecular formula is C20H20N4O3. The Hall–Kier alpha value is -2.96. The van der Waals surface area contributed by atoms with Gasteiger partial charge in [0.15, 0.2) is 0 Å². The largest absolute Gasteiger partial charge is 0.469 e. The van der Waals surface area contributed by atoms with Crippen molar-refractivity contribution in [3.63, 3.8) is 0 Å². The van der Waals surface area contributed by atoms with E-state index < -0.39 is 0 Å². The number of carbonyl (C=O) groups excluding carboxylic acids is 1. The molecule has 2 aliphatic heterocycles. The zero-order chi connectivity index (χ0) is 18.4. The van der Waals surface area contributed by atoms with Crippen LogP contribution in [0, 0.1) is 6.92 Å². The van der Waals surface area contributed by atoms with Crippen LogP contribution in [-0.4, -0.2) is 38.0 Å². The molecule has 0 radical (unpaired) electrons. The second-order valence-corrected chi connectivity index (χ2v) is 7.35. The molecule has 3 aromatic rings. The topological polar surface area (TPSA) is 85.3 Å². The summed E-state index contributed by atoms with van der Waals surface area (Å²) in [5.41, 5.74) is 1.56. The summed E-state index contributed by atoms with van der Waals surface area (Å²) in [6.07, 6.45) is 8.77. The Kier molecular flexibility index (Phi) is 3.81. The molecule has 2 fully saturated rings. The molecule has 0 spiro atoms. The van der Waals surface area contributed by atoms with E-state index in [1.165, 1.54) is 0 Å². The number of aryl methyl sites for hydroxylation is 1. The average Bonchev–Trinajstić information content (AvgIpc) is 3.40. The highest BCUT2D eigenvalue weighted by atomic mass is 16.5. The Balaban J connectivity index is 1.35. The maximum Gasteiger partial charge on any atom is 0.257 e. The van der Waals surface area contributed by atoms with Crippen LogP contribution in [0.4, 0.5) is 0 Å². The summed E-state index contributed by atoms with van der Waals surface area (Å²) in [7, 11) is 0. The predicted octanol–water partition coefficient (Wildman–Crippen LogP) is 3.58. The van der Waals surface area contributed by atoms with E-state index >= 15 is 0 Å². The fourth-order valence-corrected chi connectivity index (χ4v) is 4.48. The number of rotatable bonds is 3. The van der Waals surface area contributed by atoms with E-state index in [1.807, 2.05) is 19.1 Å². The van der Waals surface area contributed by atoms with Gasteiger partial charge in [0.1, 0.15) is 5.76 Å². The van der Waals surface area contributed by atoms with E-state index in [0.717, 1.165) is 31.2 Å². The smallest absolute Gasteiger partial charge is 0.257 e. The first-order valence-corrected chi connectivity index (χ1v) is 9.31. The van der Waals surface area contributed by atoms with Gasteiger partial charge in [0, 0.05) is 36.0 Å². The van der Waals surface area contributed by atoms with Gasteiger partial charge < -0.3 is 13.8 Å². The predicted molar refractivity (Wildman–Crippen MR) is 95.9 cm³/mol. The molecule has 0 aromatic carbocycles. The van der Waals surface area contributed by atoms with E-state index in [9.17, 15) is 4.79 Å². The molecule has 2 bridgehead atoms. The second kappa shape index (κ2) is 6.33. The van der Waals surface area contributed by atoms with Crippen molar-refractivity contribution in [2.24, 2.45) is 0 Å². The lowest BCUT2D eigenvalue weighted by Gasteiger charge is -2.37. The standard InChI is InChI=1S/C20H20N4O3/c1-12-17(6-9-26-12)20(25)24-15-2-3-16(24)11-14(10-15)19-22-18(23-27-19)13-4-7-21-8-5-13/h4-9,14-16H,2-3,10-11H2,1H3. The monoisotopic (exact) mass is 364 g/mol. The molecule has 0 saturated carbocycles. The Morgan fingerprint density at radius 1 is 1.15 bits per heavy atom. The number of amides is 1. The van der Waals surface area contributed by atoms with E-state index in [1.54, 1.807) is 24.7 Å². The Morgan fingerprint density at radius 3 is 2.56 bits per heavy atom.